The van der Waals surface area contributed by atoms with E-state index in [9.17, 15) is 24.0 Å². The van der Waals surface area contributed by atoms with Gasteiger partial charge in [0.2, 0.25) is 17.7 Å². The number of nitrogens with zero attached hydrogens (tertiary/aromatic N) is 4. The first kappa shape index (κ1) is 54.7. The van der Waals surface area contributed by atoms with Gasteiger partial charge >= 0.3 is 0 Å². The molecule has 2 saturated heterocycles. The van der Waals surface area contributed by atoms with E-state index in [0.29, 0.717) is 99.3 Å². The van der Waals surface area contributed by atoms with Crippen LogP contribution in [0.5, 0.6) is 5.75 Å². The summed E-state index contributed by atoms with van der Waals surface area (Å²) in [5.74, 6) is -0.360. The summed E-state index contributed by atoms with van der Waals surface area (Å²) < 4.78 is 23.1. The molecular weight excluding hydrogens is 945 g/mol. The summed E-state index contributed by atoms with van der Waals surface area (Å²) in [6, 6.07) is 22.8. The van der Waals surface area contributed by atoms with Crippen LogP contribution in [0.25, 0.3) is 0 Å². The molecule has 7 N–H and O–H groups in total. The molecule has 2 fully saturated rings. The number of hydrogen-bond donors (Lipinski definition) is 6. The minimum atomic E-state index is -0.720. The van der Waals surface area contributed by atoms with Gasteiger partial charge in [-0.25, -0.2) is 4.99 Å². The van der Waals surface area contributed by atoms with Crippen LogP contribution in [0, 0.1) is 5.41 Å². The molecule has 3 aliphatic rings. The number of anilines is 2. The Labute approximate surface area is 432 Å². The highest BCUT2D eigenvalue weighted by Crippen LogP contribution is 2.33. The van der Waals surface area contributed by atoms with Crippen molar-refractivity contribution in [1.29, 1.82) is 5.41 Å². The number of rotatable bonds is 27. The number of imide groups is 1. The maximum atomic E-state index is 13.6. The molecule has 0 saturated carbocycles. The number of nitrogens with one attached hydrogen (secondary N) is 5. The fraction of sp³-hybridized carbons (Fsp3) is 0.455. The van der Waals surface area contributed by atoms with Gasteiger partial charge in [-0.05, 0) is 119 Å². The summed E-state index contributed by atoms with van der Waals surface area (Å²) >= 11 is 0. The molecule has 0 bridgehead atoms. The number of ether oxygens (including phenoxy) is 4. The zero-order valence-electron chi connectivity index (χ0n) is 42.5. The van der Waals surface area contributed by atoms with Gasteiger partial charge in [-0.1, -0.05) is 30.7 Å². The largest absolute Gasteiger partial charge is 0.494 e. The van der Waals surface area contributed by atoms with Crippen LogP contribution in [0.3, 0.4) is 0 Å². The highest BCUT2D eigenvalue weighted by molar-refractivity contribution is 6.08. The van der Waals surface area contributed by atoms with Crippen molar-refractivity contribution in [3.05, 3.63) is 119 Å². The van der Waals surface area contributed by atoms with Crippen LogP contribution in [-0.4, -0.2) is 134 Å². The molecule has 3 aromatic carbocycles. The van der Waals surface area contributed by atoms with Crippen molar-refractivity contribution >= 4 is 52.6 Å². The van der Waals surface area contributed by atoms with Gasteiger partial charge in [-0.2, -0.15) is 0 Å². The quantitative estimate of drug-likeness (QED) is 0.0174. The molecule has 4 aromatic rings. The van der Waals surface area contributed by atoms with Crippen LogP contribution in [0.1, 0.15) is 115 Å². The van der Waals surface area contributed by atoms with Gasteiger partial charge in [0.15, 0.2) is 5.84 Å². The number of carbonyl (C=O) groups is 5. The molecule has 4 heterocycles. The summed E-state index contributed by atoms with van der Waals surface area (Å²) in [6.45, 7) is 7.13. The smallest absolute Gasteiger partial charge is 0.255 e. The average Bonchev–Trinajstić information content (AvgIpc) is 3.74. The van der Waals surface area contributed by atoms with Crippen molar-refractivity contribution in [2.24, 2.45) is 10.7 Å². The molecule has 74 heavy (non-hydrogen) atoms. The molecule has 0 aliphatic carbocycles. The van der Waals surface area contributed by atoms with Gasteiger partial charge in [0.25, 0.3) is 11.8 Å². The first-order valence-electron chi connectivity index (χ1n) is 25.6. The van der Waals surface area contributed by atoms with E-state index in [1.807, 2.05) is 49.4 Å². The number of aromatic nitrogens is 1. The Bertz CT molecular complexity index is 2600. The zero-order valence-corrected chi connectivity index (χ0v) is 42.5. The van der Waals surface area contributed by atoms with Gasteiger partial charge in [0.1, 0.15) is 17.6 Å². The summed E-state index contributed by atoms with van der Waals surface area (Å²) in [5, 5.41) is 20.5. The Hall–Kier alpha value is -7.06. The number of amides is 5. The van der Waals surface area contributed by atoms with E-state index in [0.717, 1.165) is 55.8 Å². The lowest BCUT2D eigenvalue weighted by molar-refractivity contribution is -0.137. The number of fused-ring (bicyclic) bond motifs is 1. The van der Waals surface area contributed by atoms with Crippen molar-refractivity contribution in [3.8, 4) is 5.75 Å². The first-order chi connectivity index (χ1) is 35.9. The highest BCUT2D eigenvalue weighted by Gasteiger charge is 2.40. The number of aliphatic imine (C=N–C) groups is 1. The predicted molar refractivity (Wildman–Crippen MR) is 281 cm³/mol. The SMILES string of the molecule is C[C@H](NC(=O)c1cccc(NC2(C(N)=NC(=N)c3ccncc3)CCN(C)CC2)c1)c1cccc(OCCCCCCOCCOCCOCCCC(=O)Nc2cccc3c2CN(C2CCC(=O)NC2=O)C3=O)c1. The molecule has 7 rings (SSSR count). The number of piperidine rings is 2. The minimum absolute atomic E-state index is 0.0679. The number of likely N-dealkylation sites (tertiary alicyclic amines) is 1. The molecule has 2 atom stereocenters. The van der Waals surface area contributed by atoms with E-state index in [2.05, 4.69) is 43.2 Å². The van der Waals surface area contributed by atoms with Crippen LogP contribution in [0.15, 0.2) is 96.2 Å². The molecule has 5 amide bonds. The third-order valence-electron chi connectivity index (χ3n) is 13.5. The van der Waals surface area contributed by atoms with Crippen molar-refractivity contribution in [1.82, 2.24) is 25.4 Å². The maximum Gasteiger partial charge on any atom is 0.255 e. The normalized spacial score (nSPS) is 17.1. The van der Waals surface area contributed by atoms with E-state index in [4.69, 9.17) is 30.1 Å². The summed E-state index contributed by atoms with van der Waals surface area (Å²) in [4.78, 5) is 75.6. The number of amidine groups is 2. The van der Waals surface area contributed by atoms with Gasteiger partial charge in [-0.15, -0.1) is 0 Å². The Balaban J connectivity index is 0.706. The number of benzene rings is 3. The van der Waals surface area contributed by atoms with Crippen molar-refractivity contribution in [2.45, 2.75) is 95.3 Å². The van der Waals surface area contributed by atoms with E-state index in [1.54, 1.807) is 48.8 Å². The Morgan fingerprint density at radius 1 is 0.851 bits per heavy atom. The number of nitrogens with two attached hydrogens (primary N) is 1. The number of unbranched alkanes of at least 4 members (excludes halogenated alkanes) is 3. The van der Waals surface area contributed by atoms with Gasteiger partial charge < -0.3 is 50.4 Å². The lowest BCUT2D eigenvalue weighted by Crippen LogP contribution is -2.56. The van der Waals surface area contributed by atoms with E-state index < -0.39 is 17.5 Å². The zero-order chi connectivity index (χ0) is 52.3. The maximum absolute atomic E-state index is 13.6. The molecule has 19 nitrogen and oxygen atoms in total. The standard InChI is InChI=1S/C55H70N10O9/c1-38(59-51(68)41-12-7-13-42(35-41)63-55(22-26-64(2)27-23-55)54(57)62-50(56)39-20-24-58-25-21-39)40-11-8-14-43(36-40)74-30-6-4-3-5-28-71-31-33-73-34-32-72-29-10-17-48(66)60-46-16-9-15-44-45(46)37-65(53(44)70)47-18-19-49(67)61-52(47)69/h7-9,11-16,20-21,24-25,35-36,38,47,63H,3-6,10,17-19,22-23,26-34,37H2,1-2H3,(H,59,68)(H,60,66)(H3,56,57,62)(H,61,67,69)/t38-,47?/m0/s1. The fourth-order valence-corrected chi connectivity index (χ4v) is 9.14. The summed E-state index contributed by atoms with van der Waals surface area (Å²) in [5.41, 5.74) is 10.4. The van der Waals surface area contributed by atoms with Crippen molar-refractivity contribution in [3.63, 3.8) is 0 Å². The monoisotopic (exact) mass is 1010 g/mol. The molecule has 0 spiro atoms. The predicted octanol–water partition coefficient (Wildman–Crippen LogP) is 6.00. The average molecular weight is 1020 g/mol. The fourth-order valence-electron chi connectivity index (χ4n) is 9.14. The number of carbonyl (C=O) groups excluding carboxylic acids is 5. The van der Waals surface area contributed by atoms with Crippen LogP contribution < -0.4 is 31.7 Å². The van der Waals surface area contributed by atoms with Gasteiger partial charge in [0.05, 0.1) is 44.6 Å². The van der Waals surface area contributed by atoms with Crippen LogP contribution in [0.4, 0.5) is 11.4 Å². The lowest BCUT2D eigenvalue weighted by atomic mass is 9.85. The van der Waals surface area contributed by atoms with Crippen molar-refractivity contribution < 1.29 is 42.9 Å². The Morgan fingerprint density at radius 3 is 2.28 bits per heavy atom. The molecule has 1 unspecified atom stereocenters. The molecule has 19 heteroatoms. The first-order valence-corrected chi connectivity index (χ1v) is 25.6. The van der Waals surface area contributed by atoms with E-state index >= 15 is 0 Å². The second-order valence-corrected chi connectivity index (χ2v) is 18.9. The number of pyridine rings is 1. The van der Waals surface area contributed by atoms with E-state index in [1.165, 1.54) is 4.90 Å². The third kappa shape index (κ3) is 15.5. The summed E-state index contributed by atoms with van der Waals surface area (Å²) in [6.07, 6.45) is 9.68. The Kier molecular flexibility index (Phi) is 20.2. The molecule has 3 aliphatic heterocycles. The second kappa shape index (κ2) is 27.3. The molecular formula is C55H70N10O9. The third-order valence-corrected chi connectivity index (χ3v) is 13.5. The highest BCUT2D eigenvalue weighted by atomic mass is 16.5. The molecule has 0 radical (unpaired) electrons. The van der Waals surface area contributed by atoms with Crippen LogP contribution in [0.2, 0.25) is 0 Å². The lowest BCUT2D eigenvalue weighted by Gasteiger charge is -2.41. The topological polar surface area (TPSA) is 252 Å². The molecule has 1 aromatic heterocycles. The number of hydrogen-bond acceptors (Lipinski definition) is 13. The summed E-state index contributed by atoms with van der Waals surface area (Å²) in [7, 11) is 2.07. The van der Waals surface area contributed by atoms with Gasteiger partial charge in [0, 0.05) is 91.7 Å². The second-order valence-electron chi connectivity index (χ2n) is 18.9. The minimum Gasteiger partial charge on any atom is -0.494 e. The van der Waals surface area contributed by atoms with Crippen LogP contribution >= 0.6 is 0 Å². The van der Waals surface area contributed by atoms with E-state index in [-0.39, 0.29) is 61.3 Å². The molecule has 394 valence electrons. The van der Waals surface area contributed by atoms with Crippen molar-refractivity contribution in [2.75, 3.05) is 77.0 Å². The van der Waals surface area contributed by atoms with Gasteiger partial charge in [-0.3, -0.25) is 39.7 Å². The van der Waals surface area contributed by atoms with Crippen LogP contribution in [-0.2, 0) is 35.1 Å². The Morgan fingerprint density at radius 2 is 1.54 bits per heavy atom.